The molecule has 23 heavy (non-hydrogen) atoms. The number of aromatic amines is 1. The molecule has 0 radical (unpaired) electrons. The lowest BCUT2D eigenvalue weighted by Crippen LogP contribution is -2.25. The van der Waals surface area contributed by atoms with Gasteiger partial charge < -0.3 is 9.88 Å². The number of hydrogen-bond donors (Lipinski definition) is 1. The van der Waals surface area contributed by atoms with Crippen molar-refractivity contribution in [2.24, 2.45) is 4.99 Å². The number of aromatic nitrogens is 1. The van der Waals surface area contributed by atoms with E-state index in [0.717, 1.165) is 40.6 Å². The van der Waals surface area contributed by atoms with Gasteiger partial charge in [-0.2, -0.15) is 0 Å². The van der Waals surface area contributed by atoms with Crippen LogP contribution >= 0.6 is 0 Å². The fourth-order valence-corrected chi connectivity index (χ4v) is 2.12. The zero-order valence-corrected chi connectivity index (χ0v) is 13.7. The Morgan fingerprint density at radius 1 is 1.57 bits per heavy atom. The lowest BCUT2D eigenvalue weighted by Gasteiger charge is -2.16. The SMILES string of the molecule is C=C(/C=C\C=C(/C)C#Cc1cc2c([nH]1)=NCCC=2)N(C)CCF. The third-order valence-corrected chi connectivity index (χ3v) is 3.53. The van der Waals surface area contributed by atoms with E-state index in [-0.39, 0.29) is 6.67 Å². The van der Waals surface area contributed by atoms with E-state index in [1.54, 1.807) is 4.90 Å². The second-order valence-corrected chi connectivity index (χ2v) is 5.42. The Morgan fingerprint density at radius 2 is 2.39 bits per heavy atom. The van der Waals surface area contributed by atoms with Crippen LogP contribution in [-0.2, 0) is 0 Å². The van der Waals surface area contributed by atoms with Gasteiger partial charge in [0.05, 0.1) is 5.69 Å². The zero-order chi connectivity index (χ0) is 16.7. The highest BCUT2D eigenvalue weighted by molar-refractivity contribution is 5.40. The predicted octanol–water partition coefficient (Wildman–Crippen LogP) is 2.09. The van der Waals surface area contributed by atoms with Crippen LogP contribution in [0.1, 0.15) is 19.0 Å². The van der Waals surface area contributed by atoms with Gasteiger partial charge in [0.15, 0.2) is 0 Å². The summed E-state index contributed by atoms with van der Waals surface area (Å²) in [5.41, 5.74) is 3.51. The minimum absolute atomic E-state index is 0.352. The Labute approximate surface area is 136 Å². The normalized spacial score (nSPS) is 13.6. The van der Waals surface area contributed by atoms with E-state index in [4.69, 9.17) is 0 Å². The number of likely N-dealkylation sites (N-methyl/N-ethyl adjacent to an activating group) is 1. The summed E-state index contributed by atoms with van der Waals surface area (Å²) >= 11 is 0. The number of fused-ring (bicyclic) bond motifs is 1. The molecule has 0 aromatic carbocycles. The first-order valence-corrected chi connectivity index (χ1v) is 7.67. The van der Waals surface area contributed by atoms with E-state index in [1.165, 1.54) is 0 Å². The largest absolute Gasteiger partial charge is 0.372 e. The van der Waals surface area contributed by atoms with Crippen LogP contribution in [0.4, 0.5) is 4.39 Å². The van der Waals surface area contributed by atoms with Gasteiger partial charge in [-0.25, -0.2) is 4.39 Å². The minimum atomic E-state index is -0.381. The van der Waals surface area contributed by atoms with Crippen molar-refractivity contribution < 1.29 is 4.39 Å². The highest BCUT2D eigenvalue weighted by Gasteiger charge is 1.98. The molecule has 0 spiro atoms. The molecule has 0 bridgehead atoms. The van der Waals surface area contributed by atoms with Gasteiger partial charge in [0, 0.05) is 31.1 Å². The summed E-state index contributed by atoms with van der Waals surface area (Å²) in [5, 5.41) is 1.13. The zero-order valence-electron chi connectivity index (χ0n) is 13.7. The Hall–Kier alpha value is -2.54. The fraction of sp³-hybridized carbons (Fsp3) is 0.316. The highest BCUT2D eigenvalue weighted by Crippen LogP contribution is 2.01. The van der Waals surface area contributed by atoms with Crippen molar-refractivity contribution in [2.75, 3.05) is 26.8 Å². The minimum Gasteiger partial charge on any atom is -0.372 e. The second-order valence-electron chi connectivity index (χ2n) is 5.42. The predicted molar refractivity (Wildman–Crippen MR) is 93.0 cm³/mol. The molecule has 0 amide bonds. The molecule has 0 saturated carbocycles. The van der Waals surface area contributed by atoms with Crippen LogP contribution in [0, 0.1) is 11.8 Å². The van der Waals surface area contributed by atoms with Crippen molar-refractivity contribution in [3.8, 4) is 11.8 Å². The summed E-state index contributed by atoms with van der Waals surface area (Å²) in [5.74, 6) is 6.22. The van der Waals surface area contributed by atoms with Crippen molar-refractivity contribution in [1.82, 2.24) is 9.88 Å². The summed E-state index contributed by atoms with van der Waals surface area (Å²) in [6.45, 7) is 6.65. The monoisotopic (exact) mass is 311 g/mol. The molecular formula is C19H22FN3. The first-order chi connectivity index (χ1) is 11.1. The van der Waals surface area contributed by atoms with Gasteiger partial charge in [0.2, 0.25) is 0 Å². The van der Waals surface area contributed by atoms with Crippen molar-refractivity contribution in [3.63, 3.8) is 0 Å². The number of halogens is 1. The number of rotatable bonds is 5. The average molecular weight is 311 g/mol. The van der Waals surface area contributed by atoms with Gasteiger partial charge in [0.1, 0.15) is 12.2 Å². The third kappa shape index (κ3) is 5.00. The Balaban J connectivity index is 2.01. The molecule has 3 nitrogen and oxygen atoms in total. The average Bonchev–Trinajstić information content (AvgIpc) is 2.96. The molecule has 2 rings (SSSR count). The molecule has 0 atom stereocenters. The summed E-state index contributed by atoms with van der Waals surface area (Å²) in [6.07, 6.45) is 8.81. The molecule has 2 heterocycles. The van der Waals surface area contributed by atoms with Crippen LogP contribution in [0.15, 0.2) is 47.1 Å². The smallest absolute Gasteiger partial charge is 0.132 e. The van der Waals surface area contributed by atoms with E-state index in [1.807, 2.05) is 38.3 Å². The molecule has 1 aromatic rings. The van der Waals surface area contributed by atoms with Crippen LogP contribution in [0.2, 0.25) is 0 Å². The van der Waals surface area contributed by atoms with Gasteiger partial charge in [-0.05, 0) is 37.0 Å². The first-order valence-electron chi connectivity index (χ1n) is 7.67. The molecule has 0 unspecified atom stereocenters. The van der Waals surface area contributed by atoms with Gasteiger partial charge in [-0.3, -0.25) is 4.99 Å². The lowest BCUT2D eigenvalue weighted by molar-refractivity contribution is 0.359. The van der Waals surface area contributed by atoms with Gasteiger partial charge in [0.25, 0.3) is 0 Å². The van der Waals surface area contributed by atoms with Crippen molar-refractivity contribution in [2.45, 2.75) is 13.3 Å². The molecule has 120 valence electrons. The molecule has 0 fully saturated rings. The fourth-order valence-electron chi connectivity index (χ4n) is 2.12. The standard InChI is InChI=1S/C19H22FN3/c1-15(6-4-7-16(2)23(3)13-11-20)9-10-18-14-17-8-5-12-21-19(17)22-18/h4,6-8,14H,2,5,11-13H2,1,3H3,(H,21,22)/b7-4-,15-6+. The summed E-state index contributed by atoms with van der Waals surface area (Å²) in [7, 11) is 1.82. The molecule has 1 N–H and O–H groups in total. The first kappa shape index (κ1) is 16.8. The summed E-state index contributed by atoms with van der Waals surface area (Å²) < 4.78 is 12.3. The van der Waals surface area contributed by atoms with Crippen molar-refractivity contribution >= 4 is 6.08 Å². The van der Waals surface area contributed by atoms with Crippen molar-refractivity contribution in [3.05, 3.63) is 58.5 Å². The van der Waals surface area contributed by atoms with Gasteiger partial charge in [-0.15, -0.1) is 0 Å². The number of nitrogens with one attached hydrogen (secondary N) is 1. The Bertz CT molecular complexity index is 766. The Kier molecular flexibility index (Phi) is 5.99. The number of alkyl halides is 1. The maximum Gasteiger partial charge on any atom is 0.132 e. The maximum absolute atomic E-state index is 12.3. The van der Waals surface area contributed by atoms with Crippen LogP contribution < -0.4 is 10.7 Å². The molecule has 1 aliphatic rings. The van der Waals surface area contributed by atoms with Gasteiger partial charge in [-0.1, -0.05) is 30.7 Å². The van der Waals surface area contributed by atoms with E-state index in [0.29, 0.717) is 6.54 Å². The van der Waals surface area contributed by atoms with E-state index in [2.05, 4.69) is 34.5 Å². The van der Waals surface area contributed by atoms with Crippen molar-refractivity contribution in [1.29, 1.82) is 0 Å². The lowest BCUT2D eigenvalue weighted by atomic mass is 10.2. The highest BCUT2D eigenvalue weighted by atomic mass is 19.1. The number of allylic oxidation sites excluding steroid dienone is 4. The van der Waals surface area contributed by atoms with E-state index >= 15 is 0 Å². The van der Waals surface area contributed by atoms with Crippen LogP contribution in [0.5, 0.6) is 0 Å². The maximum atomic E-state index is 12.3. The van der Waals surface area contributed by atoms with E-state index in [9.17, 15) is 4.39 Å². The number of hydrogen-bond acceptors (Lipinski definition) is 2. The summed E-state index contributed by atoms with van der Waals surface area (Å²) in [6, 6.07) is 2.03. The molecule has 0 aliphatic carbocycles. The molecule has 0 saturated heterocycles. The topological polar surface area (TPSA) is 31.4 Å². The third-order valence-electron chi connectivity index (χ3n) is 3.53. The molecular weight excluding hydrogens is 289 g/mol. The van der Waals surface area contributed by atoms with E-state index < -0.39 is 0 Å². The van der Waals surface area contributed by atoms with Crippen LogP contribution in [-0.4, -0.2) is 36.7 Å². The molecule has 4 heteroatoms. The van der Waals surface area contributed by atoms with Crippen LogP contribution in [0.3, 0.4) is 0 Å². The number of H-pyrrole nitrogens is 1. The second kappa shape index (κ2) is 8.19. The number of nitrogens with zero attached hydrogens (tertiary/aromatic N) is 2. The quantitative estimate of drug-likeness (QED) is 0.655. The molecule has 1 aliphatic heterocycles. The summed E-state index contributed by atoms with van der Waals surface area (Å²) in [4.78, 5) is 9.41. The van der Waals surface area contributed by atoms with Gasteiger partial charge >= 0.3 is 0 Å². The van der Waals surface area contributed by atoms with Crippen LogP contribution in [0.25, 0.3) is 6.08 Å². The Morgan fingerprint density at radius 3 is 3.13 bits per heavy atom. The molecule has 1 aromatic heterocycles.